The van der Waals surface area contributed by atoms with E-state index >= 15 is 0 Å². The summed E-state index contributed by atoms with van der Waals surface area (Å²) in [5, 5.41) is 3.73. The van der Waals surface area contributed by atoms with Crippen molar-refractivity contribution in [3.8, 4) is 0 Å². The van der Waals surface area contributed by atoms with E-state index in [4.69, 9.17) is 0 Å². The van der Waals surface area contributed by atoms with Crippen LogP contribution in [0.15, 0.2) is 91.0 Å². The monoisotopic (exact) mass is 301 g/mol. The molecule has 1 atom stereocenters. The van der Waals surface area contributed by atoms with Crippen LogP contribution >= 0.6 is 0 Å². The Bertz CT molecular complexity index is 677. The topological polar surface area (TPSA) is 12.0 Å². The molecule has 0 radical (unpaired) electrons. The van der Waals surface area contributed by atoms with Gasteiger partial charge in [-0.1, -0.05) is 91.0 Å². The number of hydrogen-bond acceptors (Lipinski definition) is 1. The zero-order valence-electron chi connectivity index (χ0n) is 13.4. The maximum atomic E-state index is 3.73. The van der Waals surface area contributed by atoms with E-state index < -0.39 is 0 Å². The molecule has 0 aliphatic heterocycles. The van der Waals surface area contributed by atoms with Crippen molar-refractivity contribution < 1.29 is 0 Å². The van der Waals surface area contributed by atoms with Gasteiger partial charge in [-0.2, -0.15) is 0 Å². The van der Waals surface area contributed by atoms with Gasteiger partial charge in [0.1, 0.15) is 0 Å². The van der Waals surface area contributed by atoms with Crippen LogP contribution in [0.1, 0.15) is 22.7 Å². The van der Waals surface area contributed by atoms with Crippen molar-refractivity contribution in [3.05, 3.63) is 108 Å². The van der Waals surface area contributed by atoms with Gasteiger partial charge >= 0.3 is 0 Å². The Morgan fingerprint density at radius 2 is 1.13 bits per heavy atom. The summed E-state index contributed by atoms with van der Waals surface area (Å²) in [7, 11) is 0. The summed E-state index contributed by atoms with van der Waals surface area (Å²) in [6, 6.07) is 32.4. The third kappa shape index (κ3) is 4.80. The molecule has 0 saturated carbocycles. The fraction of sp³-hybridized carbons (Fsp3) is 0.182. The van der Waals surface area contributed by atoms with Crippen LogP contribution in [0.25, 0.3) is 0 Å². The van der Waals surface area contributed by atoms with Crippen molar-refractivity contribution in [2.24, 2.45) is 0 Å². The van der Waals surface area contributed by atoms with Crippen LogP contribution in [0.5, 0.6) is 0 Å². The molecule has 3 aromatic rings. The fourth-order valence-corrected chi connectivity index (χ4v) is 2.88. The molecule has 0 bridgehead atoms. The lowest BCUT2D eigenvalue weighted by Gasteiger charge is -2.19. The lowest BCUT2D eigenvalue weighted by atomic mass is 9.98. The summed E-state index contributed by atoms with van der Waals surface area (Å²) in [6.45, 7) is 0.983. The highest BCUT2D eigenvalue weighted by Gasteiger charge is 2.11. The molecule has 23 heavy (non-hydrogen) atoms. The van der Waals surface area contributed by atoms with Crippen LogP contribution in [0.2, 0.25) is 0 Å². The molecule has 0 spiro atoms. The molecule has 3 aromatic carbocycles. The van der Waals surface area contributed by atoms with E-state index in [0.717, 1.165) is 19.4 Å². The number of hydrogen-bond donors (Lipinski definition) is 1. The highest BCUT2D eigenvalue weighted by atomic mass is 14.9. The average molecular weight is 301 g/mol. The van der Waals surface area contributed by atoms with Gasteiger partial charge in [-0.25, -0.2) is 0 Å². The van der Waals surface area contributed by atoms with E-state index in [1.54, 1.807) is 0 Å². The Balaban J connectivity index is 1.65. The maximum Gasteiger partial charge on any atom is 0.0360 e. The van der Waals surface area contributed by atoms with Gasteiger partial charge in [0.15, 0.2) is 0 Å². The molecule has 0 aliphatic carbocycles. The molecular weight excluding hydrogens is 278 g/mol. The number of rotatable bonds is 7. The fourth-order valence-electron chi connectivity index (χ4n) is 2.88. The molecule has 3 rings (SSSR count). The third-order valence-electron chi connectivity index (χ3n) is 4.13. The van der Waals surface area contributed by atoms with Gasteiger partial charge < -0.3 is 5.32 Å². The van der Waals surface area contributed by atoms with Gasteiger partial charge in [-0.3, -0.25) is 0 Å². The Kier molecular flexibility index (Phi) is 5.60. The van der Waals surface area contributed by atoms with Crippen molar-refractivity contribution in [2.45, 2.75) is 18.9 Å². The molecule has 0 saturated heterocycles. The third-order valence-corrected chi connectivity index (χ3v) is 4.13. The second-order valence-electron chi connectivity index (χ2n) is 5.84. The summed E-state index contributed by atoms with van der Waals surface area (Å²) < 4.78 is 0. The minimum Gasteiger partial charge on any atom is -0.309 e. The van der Waals surface area contributed by atoms with E-state index in [1.165, 1.54) is 16.7 Å². The molecule has 1 N–H and O–H groups in total. The predicted molar refractivity (Wildman–Crippen MR) is 97.5 cm³/mol. The highest BCUT2D eigenvalue weighted by molar-refractivity contribution is 5.24. The van der Waals surface area contributed by atoms with Crippen LogP contribution in [0.3, 0.4) is 0 Å². The standard InChI is InChI=1S/C22H23N/c1-4-10-19(11-5-1)16-17-23-22(21-14-8-3-9-15-21)18-20-12-6-2-7-13-20/h1-15,22-23H,16-18H2/t22-/m0/s1. The summed E-state index contributed by atoms with van der Waals surface area (Å²) in [5.41, 5.74) is 4.10. The zero-order chi connectivity index (χ0) is 15.7. The first-order valence-electron chi connectivity index (χ1n) is 8.28. The molecule has 1 nitrogen and oxygen atoms in total. The van der Waals surface area contributed by atoms with E-state index in [-0.39, 0.29) is 0 Å². The van der Waals surface area contributed by atoms with Crippen LogP contribution in [-0.4, -0.2) is 6.54 Å². The van der Waals surface area contributed by atoms with Crippen molar-refractivity contribution in [1.82, 2.24) is 5.32 Å². The Morgan fingerprint density at radius 1 is 0.609 bits per heavy atom. The largest absolute Gasteiger partial charge is 0.309 e. The molecule has 0 unspecified atom stereocenters. The van der Waals surface area contributed by atoms with E-state index in [2.05, 4.69) is 96.3 Å². The summed E-state index contributed by atoms with van der Waals surface area (Å²) in [4.78, 5) is 0. The van der Waals surface area contributed by atoms with E-state index in [9.17, 15) is 0 Å². The second-order valence-corrected chi connectivity index (χ2v) is 5.84. The second kappa shape index (κ2) is 8.30. The predicted octanol–water partition coefficient (Wildman–Crippen LogP) is 4.80. The van der Waals surface area contributed by atoms with Crippen LogP contribution in [0.4, 0.5) is 0 Å². The van der Waals surface area contributed by atoms with Crippen molar-refractivity contribution in [3.63, 3.8) is 0 Å². The zero-order valence-corrected chi connectivity index (χ0v) is 13.4. The highest BCUT2D eigenvalue weighted by Crippen LogP contribution is 2.18. The Labute approximate surface area is 139 Å². The lowest BCUT2D eigenvalue weighted by Crippen LogP contribution is -2.25. The minimum absolute atomic E-state index is 0.349. The van der Waals surface area contributed by atoms with Gasteiger partial charge in [0.05, 0.1) is 0 Å². The van der Waals surface area contributed by atoms with Crippen molar-refractivity contribution in [1.29, 1.82) is 0 Å². The summed E-state index contributed by atoms with van der Waals surface area (Å²) in [5.74, 6) is 0. The van der Waals surface area contributed by atoms with E-state index in [1.807, 2.05) is 0 Å². The first-order valence-corrected chi connectivity index (χ1v) is 8.28. The molecule has 0 aliphatic rings. The maximum absolute atomic E-state index is 3.73. The first kappa shape index (κ1) is 15.5. The summed E-state index contributed by atoms with van der Waals surface area (Å²) in [6.07, 6.45) is 2.07. The van der Waals surface area contributed by atoms with Crippen molar-refractivity contribution >= 4 is 0 Å². The van der Waals surface area contributed by atoms with Gasteiger partial charge in [-0.15, -0.1) is 0 Å². The van der Waals surface area contributed by atoms with Crippen molar-refractivity contribution in [2.75, 3.05) is 6.54 Å². The minimum atomic E-state index is 0.349. The first-order chi connectivity index (χ1) is 11.4. The molecule has 1 heteroatoms. The molecular formula is C22H23N. The quantitative estimate of drug-likeness (QED) is 0.661. The normalized spacial score (nSPS) is 12.0. The lowest BCUT2D eigenvalue weighted by molar-refractivity contribution is 0.534. The molecule has 0 fully saturated rings. The Hall–Kier alpha value is -2.38. The number of benzene rings is 3. The van der Waals surface area contributed by atoms with Gasteiger partial charge in [0, 0.05) is 6.04 Å². The van der Waals surface area contributed by atoms with Crippen LogP contribution in [0, 0.1) is 0 Å². The Morgan fingerprint density at radius 3 is 1.74 bits per heavy atom. The average Bonchev–Trinajstić information content (AvgIpc) is 2.63. The molecule has 0 aromatic heterocycles. The smallest absolute Gasteiger partial charge is 0.0360 e. The van der Waals surface area contributed by atoms with Gasteiger partial charge in [0.25, 0.3) is 0 Å². The molecule has 0 heterocycles. The molecule has 116 valence electrons. The van der Waals surface area contributed by atoms with Crippen LogP contribution < -0.4 is 5.32 Å². The number of nitrogens with one attached hydrogen (secondary N) is 1. The van der Waals surface area contributed by atoms with Gasteiger partial charge in [-0.05, 0) is 36.1 Å². The molecule has 0 amide bonds. The summed E-state index contributed by atoms with van der Waals surface area (Å²) >= 11 is 0. The van der Waals surface area contributed by atoms with Crippen LogP contribution in [-0.2, 0) is 12.8 Å². The van der Waals surface area contributed by atoms with E-state index in [0.29, 0.717) is 6.04 Å². The van der Waals surface area contributed by atoms with Gasteiger partial charge in [0.2, 0.25) is 0 Å². The SMILES string of the molecule is c1ccc(CCN[C@@H](Cc2ccccc2)c2ccccc2)cc1.